The molecular formula is C17H19N3O2S2. The Bertz CT molecular complexity index is 700. The standard InChI is InChI=1S/C17H19N3O2S2/c21-16(20-17-19-13-3-1-2-4-14(13)24-17)11-5-6-15(18-9-11)22-12-7-8-23-10-12/h5-6,9,12H,1-4,7-8,10H2,(H,19,20,21)/t12-/m1/s1. The zero-order chi connectivity index (χ0) is 16.4. The number of thiazole rings is 1. The molecule has 3 heterocycles. The van der Waals surface area contributed by atoms with Gasteiger partial charge in [0, 0.05) is 22.9 Å². The first kappa shape index (κ1) is 15.9. The summed E-state index contributed by atoms with van der Waals surface area (Å²) in [5, 5.41) is 3.58. The molecular weight excluding hydrogens is 342 g/mol. The topological polar surface area (TPSA) is 64.1 Å². The molecule has 7 heteroatoms. The second kappa shape index (κ2) is 7.11. The van der Waals surface area contributed by atoms with Gasteiger partial charge in [0.05, 0.1) is 11.3 Å². The van der Waals surface area contributed by atoms with E-state index in [0.717, 1.165) is 36.5 Å². The average Bonchev–Trinajstić information content (AvgIpc) is 3.24. The average molecular weight is 361 g/mol. The molecule has 0 unspecified atom stereocenters. The maximum Gasteiger partial charge on any atom is 0.259 e. The quantitative estimate of drug-likeness (QED) is 0.902. The SMILES string of the molecule is O=C(Nc1nc2c(s1)CCCC2)c1ccc(O[C@@H]2CCSC2)nc1. The van der Waals surface area contributed by atoms with E-state index in [1.165, 1.54) is 17.7 Å². The fraction of sp³-hybridized carbons (Fsp3) is 0.471. The number of aromatic nitrogens is 2. The molecule has 1 saturated heterocycles. The lowest BCUT2D eigenvalue weighted by molar-refractivity contribution is 0.102. The zero-order valence-corrected chi connectivity index (χ0v) is 14.9. The van der Waals surface area contributed by atoms with Crippen LogP contribution in [0, 0.1) is 0 Å². The molecule has 2 aliphatic rings. The van der Waals surface area contributed by atoms with Gasteiger partial charge in [-0.3, -0.25) is 10.1 Å². The molecule has 1 fully saturated rings. The van der Waals surface area contributed by atoms with Crippen LogP contribution < -0.4 is 10.1 Å². The van der Waals surface area contributed by atoms with Crippen LogP contribution in [0.25, 0.3) is 0 Å². The van der Waals surface area contributed by atoms with E-state index in [4.69, 9.17) is 4.74 Å². The number of pyridine rings is 1. The van der Waals surface area contributed by atoms with Gasteiger partial charge in [-0.25, -0.2) is 9.97 Å². The summed E-state index contributed by atoms with van der Waals surface area (Å²) in [5.74, 6) is 2.57. The van der Waals surface area contributed by atoms with E-state index in [0.29, 0.717) is 16.6 Å². The van der Waals surface area contributed by atoms with Gasteiger partial charge in [0.25, 0.3) is 5.91 Å². The van der Waals surface area contributed by atoms with Crippen molar-refractivity contribution in [2.75, 3.05) is 16.8 Å². The van der Waals surface area contributed by atoms with Crippen molar-refractivity contribution in [3.8, 4) is 5.88 Å². The highest BCUT2D eigenvalue weighted by Gasteiger charge is 2.19. The number of rotatable bonds is 4. The molecule has 1 amide bonds. The molecule has 1 aliphatic carbocycles. The molecule has 2 aromatic rings. The number of nitrogens with one attached hydrogen (secondary N) is 1. The van der Waals surface area contributed by atoms with Crippen LogP contribution >= 0.6 is 23.1 Å². The third kappa shape index (κ3) is 3.57. The minimum Gasteiger partial charge on any atom is -0.473 e. The largest absolute Gasteiger partial charge is 0.473 e. The smallest absolute Gasteiger partial charge is 0.259 e. The summed E-state index contributed by atoms with van der Waals surface area (Å²) in [7, 11) is 0. The van der Waals surface area contributed by atoms with E-state index >= 15 is 0 Å². The third-order valence-electron chi connectivity index (χ3n) is 4.24. The molecule has 4 rings (SSSR count). The molecule has 0 spiro atoms. The molecule has 0 saturated carbocycles. The molecule has 0 bridgehead atoms. The van der Waals surface area contributed by atoms with Gasteiger partial charge < -0.3 is 4.74 Å². The molecule has 1 atom stereocenters. The summed E-state index contributed by atoms with van der Waals surface area (Å²) in [5.41, 5.74) is 1.68. The predicted octanol–water partition coefficient (Wildman–Crippen LogP) is 3.55. The molecule has 24 heavy (non-hydrogen) atoms. The van der Waals surface area contributed by atoms with Gasteiger partial charge >= 0.3 is 0 Å². The highest BCUT2D eigenvalue weighted by Crippen LogP contribution is 2.29. The van der Waals surface area contributed by atoms with Gasteiger partial charge in [0.1, 0.15) is 6.10 Å². The molecule has 0 aromatic carbocycles. The summed E-state index contributed by atoms with van der Waals surface area (Å²) in [4.78, 5) is 22.5. The Kier molecular flexibility index (Phi) is 4.71. The molecule has 126 valence electrons. The Balaban J connectivity index is 1.39. The summed E-state index contributed by atoms with van der Waals surface area (Å²) < 4.78 is 5.81. The fourth-order valence-electron chi connectivity index (χ4n) is 2.94. The lowest BCUT2D eigenvalue weighted by Crippen LogP contribution is -2.16. The van der Waals surface area contributed by atoms with Crippen molar-refractivity contribution in [2.24, 2.45) is 0 Å². The first-order valence-corrected chi connectivity index (χ1v) is 10.3. The number of aryl methyl sites for hydroxylation is 2. The lowest BCUT2D eigenvalue weighted by Gasteiger charge is -2.11. The minimum absolute atomic E-state index is 0.170. The summed E-state index contributed by atoms with van der Waals surface area (Å²) in [6, 6.07) is 3.53. The number of hydrogen-bond acceptors (Lipinski definition) is 6. The monoisotopic (exact) mass is 361 g/mol. The Morgan fingerprint density at radius 2 is 2.21 bits per heavy atom. The number of amides is 1. The maximum atomic E-state index is 12.4. The normalized spacial score (nSPS) is 19.8. The van der Waals surface area contributed by atoms with Gasteiger partial charge in [-0.15, -0.1) is 11.3 Å². The van der Waals surface area contributed by atoms with Crippen LogP contribution in [-0.4, -0.2) is 33.5 Å². The highest BCUT2D eigenvalue weighted by atomic mass is 32.2. The van der Waals surface area contributed by atoms with Crippen LogP contribution in [0.3, 0.4) is 0 Å². The van der Waals surface area contributed by atoms with Crippen LogP contribution in [-0.2, 0) is 12.8 Å². The summed E-state index contributed by atoms with van der Waals surface area (Å²) in [6.07, 6.45) is 7.38. The van der Waals surface area contributed by atoms with Crippen LogP contribution in [0.2, 0.25) is 0 Å². The van der Waals surface area contributed by atoms with Crippen molar-refractivity contribution < 1.29 is 9.53 Å². The van der Waals surface area contributed by atoms with Crippen molar-refractivity contribution in [3.05, 3.63) is 34.5 Å². The van der Waals surface area contributed by atoms with Crippen molar-refractivity contribution in [2.45, 2.75) is 38.2 Å². The molecule has 5 nitrogen and oxygen atoms in total. The third-order valence-corrected chi connectivity index (χ3v) is 6.44. The Labute approximate surface area is 149 Å². The number of thioether (sulfide) groups is 1. The molecule has 2 aromatic heterocycles. The number of fused-ring (bicyclic) bond motifs is 1. The van der Waals surface area contributed by atoms with Gasteiger partial charge in [0.15, 0.2) is 5.13 Å². The van der Waals surface area contributed by atoms with Crippen molar-refractivity contribution in [1.29, 1.82) is 0 Å². The second-order valence-corrected chi connectivity index (χ2v) is 8.27. The van der Waals surface area contributed by atoms with Crippen molar-refractivity contribution in [1.82, 2.24) is 9.97 Å². The van der Waals surface area contributed by atoms with E-state index in [1.54, 1.807) is 29.7 Å². The molecule has 0 radical (unpaired) electrons. The number of carbonyl (C=O) groups is 1. The van der Waals surface area contributed by atoms with E-state index in [1.807, 2.05) is 11.8 Å². The fourth-order valence-corrected chi connectivity index (χ4v) is 5.07. The second-order valence-electron chi connectivity index (χ2n) is 6.04. The number of carbonyl (C=O) groups excluding carboxylic acids is 1. The van der Waals surface area contributed by atoms with E-state index in [9.17, 15) is 4.79 Å². The van der Waals surface area contributed by atoms with E-state index in [2.05, 4.69) is 15.3 Å². The summed E-state index contributed by atoms with van der Waals surface area (Å²) >= 11 is 3.49. The number of anilines is 1. The Morgan fingerprint density at radius 3 is 2.96 bits per heavy atom. The number of hydrogen-bond donors (Lipinski definition) is 1. The predicted molar refractivity (Wildman–Crippen MR) is 97.3 cm³/mol. The minimum atomic E-state index is -0.170. The van der Waals surface area contributed by atoms with Crippen molar-refractivity contribution in [3.63, 3.8) is 0 Å². The first-order valence-electron chi connectivity index (χ1n) is 8.28. The first-order chi connectivity index (χ1) is 11.8. The van der Waals surface area contributed by atoms with Crippen molar-refractivity contribution >= 4 is 34.1 Å². The zero-order valence-electron chi connectivity index (χ0n) is 13.3. The molecule has 1 aliphatic heterocycles. The van der Waals surface area contributed by atoms with Crippen LogP contribution in [0.1, 0.15) is 40.2 Å². The lowest BCUT2D eigenvalue weighted by atomic mass is 10.0. The van der Waals surface area contributed by atoms with Gasteiger partial charge in [-0.1, -0.05) is 0 Å². The summed E-state index contributed by atoms with van der Waals surface area (Å²) in [6.45, 7) is 0. The number of nitrogens with zero attached hydrogens (tertiary/aromatic N) is 2. The van der Waals surface area contributed by atoms with Gasteiger partial charge in [-0.05, 0) is 43.9 Å². The van der Waals surface area contributed by atoms with Crippen LogP contribution in [0.15, 0.2) is 18.3 Å². The highest BCUT2D eigenvalue weighted by molar-refractivity contribution is 7.99. The Hall–Kier alpha value is -1.60. The van der Waals surface area contributed by atoms with E-state index < -0.39 is 0 Å². The van der Waals surface area contributed by atoms with Crippen LogP contribution in [0.5, 0.6) is 5.88 Å². The van der Waals surface area contributed by atoms with Gasteiger partial charge in [0.2, 0.25) is 5.88 Å². The molecule has 1 N–H and O–H groups in total. The maximum absolute atomic E-state index is 12.4. The van der Waals surface area contributed by atoms with Gasteiger partial charge in [-0.2, -0.15) is 11.8 Å². The van der Waals surface area contributed by atoms with Crippen LogP contribution in [0.4, 0.5) is 5.13 Å². The number of ether oxygens (including phenoxy) is 1. The van der Waals surface area contributed by atoms with E-state index in [-0.39, 0.29) is 12.0 Å². The Morgan fingerprint density at radius 1 is 1.29 bits per heavy atom.